The molecule has 0 aliphatic rings. The third-order valence-corrected chi connectivity index (χ3v) is 3.79. The zero-order valence-corrected chi connectivity index (χ0v) is 14.5. The third kappa shape index (κ3) is 4.61. The monoisotopic (exact) mass is 392 g/mol. The van der Waals surface area contributed by atoms with Gasteiger partial charge in [-0.2, -0.15) is 0 Å². The number of esters is 1. The highest BCUT2D eigenvalue weighted by Gasteiger charge is 2.11. The van der Waals surface area contributed by atoms with Gasteiger partial charge in [0, 0.05) is 10.0 Å². The van der Waals surface area contributed by atoms with E-state index < -0.39 is 5.97 Å². The SMILES string of the molecule is COC(=O)c1ccc(Br)c(NC(=S)NC(=O)c2ccccc2)c1. The van der Waals surface area contributed by atoms with Crippen LogP contribution in [0.1, 0.15) is 20.7 Å². The molecule has 0 aliphatic heterocycles. The van der Waals surface area contributed by atoms with Crippen molar-refractivity contribution < 1.29 is 14.3 Å². The van der Waals surface area contributed by atoms with Crippen molar-refractivity contribution in [3.05, 3.63) is 64.1 Å². The van der Waals surface area contributed by atoms with Gasteiger partial charge in [-0.1, -0.05) is 18.2 Å². The summed E-state index contributed by atoms with van der Waals surface area (Å²) in [6, 6.07) is 13.6. The largest absolute Gasteiger partial charge is 0.465 e. The van der Waals surface area contributed by atoms with Crippen LogP contribution in [0.15, 0.2) is 53.0 Å². The molecule has 2 N–H and O–H groups in total. The van der Waals surface area contributed by atoms with Gasteiger partial charge in [-0.15, -0.1) is 0 Å². The quantitative estimate of drug-likeness (QED) is 0.619. The van der Waals surface area contributed by atoms with Crippen LogP contribution >= 0.6 is 28.1 Å². The molecule has 0 atom stereocenters. The molecular formula is C16H13BrN2O3S. The molecule has 23 heavy (non-hydrogen) atoms. The normalized spacial score (nSPS) is 9.83. The van der Waals surface area contributed by atoms with Crippen LogP contribution in [0, 0.1) is 0 Å². The minimum Gasteiger partial charge on any atom is -0.465 e. The fourth-order valence-corrected chi connectivity index (χ4v) is 2.33. The second kappa shape index (κ2) is 7.85. The van der Waals surface area contributed by atoms with Crippen LogP contribution in [0.5, 0.6) is 0 Å². The fraction of sp³-hybridized carbons (Fsp3) is 0.0625. The number of nitrogens with one attached hydrogen (secondary N) is 2. The van der Waals surface area contributed by atoms with Gasteiger partial charge in [0.2, 0.25) is 0 Å². The summed E-state index contributed by atoms with van der Waals surface area (Å²) in [7, 11) is 1.31. The Morgan fingerprint density at radius 1 is 1.09 bits per heavy atom. The summed E-state index contributed by atoms with van der Waals surface area (Å²) in [5.41, 5.74) is 1.42. The van der Waals surface area contributed by atoms with Crippen molar-refractivity contribution in [2.24, 2.45) is 0 Å². The van der Waals surface area contributed by atoms with Gasteiger partial charge in [0.1, 0.15) is 0 Å². The first-order chi connectivity index (χ1) is 11.0. The Balaban J connectivity index is 2.08. The lowest BCUT2D eigenvalue weighted by molar-refractivity contribution is 0.0600. The van der Waals surface area contributed by atoms with Gasteiger partial charge in [-0.3, -0.25) is 10.1 Å². The van der Waals surface area contributed by atoms with Crippen LogP contribution < -0.4 is 10.6 Å². The minimum absolute atomic E-state index is 0.126. The maximum absolute atomic E-state index is 12.0. The van der Waals surface area contributed by atoms with E-state index in [-0.39, 0.29) is 11.0 Å². The Morgan fingerprint density at radius 2 is 1.78 bits per heavy atom. The van der Waals surface area contributed by atoms with Crippen LogP contribution in [-0.4, -0.2) is 24.1 Å². The highest BCUT2D eigenvalue weighted by Crippen LogP contribution is 2.24. The fourth-order valence-electron chi connectivity index (χ4n) is 1.78. The molecule has 5 nitrogen and oxygen atoms in total. The van der Waals surface area contributed by atoms with Crippen molar-refractivity contribution in [1.29, 1.82) is 0 Å². The Morgan fingerprint density at radius 3 is 2.43 bits per heavy atom. The molecule has 2 aromatic carbocycles. The van der Waals surface area contributed by atoms with Gasteiger partial charge in [-0.05, 0) is 58.5 Å². The van der Waals surface area contributed by atoms with E-state index >= 15 is 0 Å². The van der Waals surface area contributed by atoms with E-state index in [1.54, 1.807) is 42.5 Å². The predicted octanol–water partition coefficient (Wildman–Crippen LogP) is 3.36. The molecule has 0 fully saturated rings. The van der Waals surface area contributed by atoms with Crippen molar-refractivity contribution in [2.75, 3.05) is 12.4 Å². The summed E-state index contributed by atoms with van der Waals surface area (Å²) in [4.78, 5) is 23.6. The molecule has 1 amide bonds. The topological polar surface area (TPSA) is 67.4 Å². The van der Waals surface area contributed by atoms with Crippen molar-refractivity contribution in [3.8, 4) is 0 Å². The molecule has 7 heteroatoms. The molecule has 0 heterocycles. The number of halogens is 1. The summed E-state index contributed by atoms with van der Waals surface area (Å²) in [6.07, 6.45) is 0. The second-order valence-electron chi connectivity index (χ2n) is 4.46. The standard InChI is InChI=1S/C16H13BrN2O3S/c1-22-15(21)11-7-8-12(17)13(9-11)18-16(23)19-14(20)10-5-3-2-4-6-10/h2-9H,1H3,(H2,18,19,20,23). The smallest absolute Gasteiger partial charge is 0.337 e. The van der Waals surface area contributed by atoms with E-state index in [1.165, 1.54) is 7.11 Å². The van der Waals surface area contributed by atoms with Crippen LogP contribution in [0.25, 0.3) is 0 Å². The molecule has 0 unspecified atom stereocenters. The van der Waals surface area contributed by atoms with Gasteiger partial charge in [0.15, 0.2) is 5.11 Å². The number of anilines is 1. The number of carbonyl (C=O) groups excluding carboxylic acids is 2. The van der Waals surface area contributed by atoms with E-state index in [0.29, 0.717) is 21.3 Å². The van der Waals surface area contributed by atoms with E-state index in [4.69, 9.17) is 12.2 Å². The maximum Gasteiger partial charge on any atom is 0.337 e. The Labute approximate surface area is 147 Å². The van der Waals surface area contributed by atoms with Crippen molar-refractivity contribution in [2.45, 2.75) is 0 Å². The van der Waals surface area contributed by atoms with Crippen LogP contribution in [-0.2, 0) is 4.74 Å². The number of rotatable bonds is 3. The highest BCUT2D eigenvalue weighted by atomic mass is 79.9. The van der Waals surface area contributed by atoms with E-state index in [2.05, 4.69) is 31.3 Å². The van der Waals surface area contributed by atoms with Crippen molar-refractivity contribution >= 4 is 50.8 Å². The Bertz CT molecular complexity index is 750. The number of hydrogen-bond donors (Lipinski definition) is 2. The van der Waals surface area contributed by atoms with Crippen LogP contribution in [0.4, 0.5) is 5.69 Å². The van der Waals surface area contributed by atoms with E-state index in [0.717, 1.165) is 0 Å². The molecule has 0 aliphatic carbocycles. The first-order valence-electron chi connectivity index (χ1n) is 6.56. The molecule has 0 saturated carbocycles. The lowest BCUT2D eigenvalue weighted by atomic mass is 10.2. The van der Waals surface area contributed by atoms with Gasteiger partial charge in [0.25, 0.3) is 5.91 Å². The Kier molecular flexibility index (Phi) is 5.84. The molecule has 0 saturated heterocycles. The predicted molar refractivity (Wildman–Crippen MR) is 95.6 cm³/mol. The number of methoxy groups -OCH3 is 1. The second-order valence-corrected chi connectivity index (χ2v) is 5.72. The lowest BCUT2D eigenvalue weighted by Crippen LogP contribution is -2.34. The molecule has 0 bridgehead atoms. The van der Waals surface area contributed by atoms with Gasteiger partial charge < -0.3 is 10.1 Å². The average Bonchev–Trinajstić information content (AvgIpc) is 2.56. The zero-order chi connectivity index (χ0) is 16.8. The summed E-state index contributed by atoms with van der Waals surface area (Å²) in [6.45, 7) is 0. The number of ether oxygens (including phenoxy) is 1. The summed E-state index contributed by atoms with van der Waals surface area (Å²) in [5, 5.41) is 5.58. The number of carbonyl (C=O) groups is 2. The van der Waals surface area contributed by atoms with Gasteiger partial charge >= 0.3 is 5.97 Å². The first kappa shape index (κ1) is 17.1. The highest BCUT2D eigenvalue weighted by molar-refractivity contribution is 9.10. The third-order valence-electron chi connectivity index (χ3n) is 2.90. The molecule has 0 radical (unpaired) electrons. The van der Waals surface area contributed by atoms with Crippen molar-refractivity contribution in [3.63, 3.8) is 0 Å². The number of hydrogen-bond acceptors (Lipinski definition) is 4. The van der Waals surface area contributed by atoms with Crippen molar-refractivity contribution in [1.82, 2.24) is 5.32 Å². The minimum atomic E-state index is -0.459. The molecular weight excluding hydrogens is 380 g/mol. The van der Waals surface area contributed by atoms with Gasteiger partial charge in [-0.25, -0.2) is 4.79 Å². The molecule has 0 spiro atoms. The molecule has 0 aromatic heterocycles. The summed E-state index contributed by atoms with van der Waals surface area (Å²) in [5.74, 6) is -0.775. The maximum atomic E-state index is 12.0. The lowest BCUT2D eigenvalue weighted by Gasteiger charge is -2.12. The Hall–Kier alpha value is -2.25. The first-order valence-corrected chi connectivity index (χ1v) is 7.76. The summed E-state index contributed by atoms with van der Waals surface area (Å²) < 4.78 is 5.37. The number of thiocarbonyl (C=S) groups is 1. The van der Waals surface area contributed by atoms with E-state index in [1.807, 2.05) is 6.07 Å². The summed E-state index contributed by atoms with van der Waals surface area (Å²) >= 11 is 8.48. The van der Waals surface area contributed by atoms with Crippen LogP contribution in [0.3, 0.4) is 0 Å². The van der Waals surface area contributed by atoms with Gasteiger partial charge in [0.05, 0.1) is 18.4 Å². The average molecular weight is 393 g/mol. The van der Waals surface area contributed by atoms with Crippen LogP contribution in [0.2, 0.25) is 0 Å². The molecule has 2 rings (SSSR count). The number of benzene rings is 2. The molecule has 2 aromatic rings. The number of amides is 1. The van der Waals surface area contributed by atoms with E-state index in [9.17, 15) is 9.59 Å². The zero-order valence-electron chi connectivity index (χ0n) is 12.1. The molecule has 118 valence electrons.